The topological polar surface area (TPSA) is 136 Å². The number of esters is 2. The van der Waals surface area contributed by atoms with Crippen LogP contribution in [0.4, 0.5) is 4.79 Å². The lowest BCUT2D eigenvalue weighted by Crippen LogP contribution is -2.38. The van der Waals surface area contributed by atoms with Crippen LogP contribution in [0, 0.1) is 0 Å². The lowest BCUT2D eigenvalue weighted by molar-refractivity contribution is -0.166. The molecule has 1 amide bonds. The number of nitrogens with zero attached hydrogens (tertiary/aromatic N) is 3. The van der Waals surface area contributed by atoms with Gasteiger partial charge in [0.15, 0.2) is 5.82 Å². The van der Waals surface area contributed by atoms with Crippen molar-refractivity contribution < 1.29 is 42.8 Å². The molecule has 0 aliphatic heterocycles. The highest BCUT2D eigenvalue weighted by atomic mass is 16.6. The van der Waals surface area contributed by atoms with E-state index in [0.29, 0.717) is 41.7 Å². The van der Waals surface area contributed by atoms with Crippen molar-refractivity contribution in [1.82, 2.24) is 14.9 Å². The number of para-hydroxylation sites is 1. The van der Waals surface area contributed by atoms with E-state index >= 15 is 0 Å². The van der Waals surface area contributed by atoms with Gasteiger partial charge < -0.3 is 33.3 Å². The van der Waals surface area contributed by atoms with E-state index in [1.807, 2.05) is 30.3 Å². The Morgan fingerprint density at radius 2 is 1.76 bits per heavy atom. The molecular formula is C34H43N3O9. The number of hydrogen-bond donors (Lipinski definition) is 0. The second-order valence-electron chi connectivity index (χ2n) is 11.3. The number of ether oxygens (including phenoxy) is 6. The van der Waals surface area contributed by atoms with Gasteiger partial charge in [-0.05, 0) is 63.1 Å². The molecule has 0 saturated carbocycles. The maximum Gasteiger partial charge on any atom is 0.410 e. The minimum Gasteiger partial charge on any atom is -0.496 e. The first kappa shape index (κ1) is 35.8. The Kier molecular flexibility index (Phi) is 13.3. The molecule has 12 heteroatoms. The Balaban J connectivity index is 1.94. The maximum atomic E-state index is 13.0. The van der Waals surface area contributed by atoms with E-state index in [1.54, 1.807) is 66.3 Å². The number of aromatic nitrogens is 2. The van der Waals surface area contributed by atoms with Gasteiger partial charge >= 0.3 is 18.0 Å². The predicted molar refractivity (Wildman–Crippen MR) is 169 cm³/mol. The molecule has 2 aromatic carbocycles. The standard InChI is InChI=1S/C34H43N3O9/c1-8-43-32(39)30(45-23(2)38)20-25-19-24(21-37(17-18-41-6)33(40)46-34(3,4)5)13-14-28(25)44-22-26-15-16-35-31(36-26)27-11-9-10-12-29(27)42-7/h9-16,19,30H,8,17-18,20-22H2,1-7H3/t30-/m1/s1. The molecule has 0 fully saturated rings. The molecule has 0 N–H and O–H groups in total. The Bertz CT molecular complexity index is 1470. The fraction of sp³-hybridized carbons (Fsp3) is 0.441. The molecule has 1 atom stereocenters. The van der Waals surface area contributed by atoms with Crippen molar-refractivity contribution in [1.29, 1.82) is 0 Å². The second kappa shape index (κ2) is 17.1. The summed E-state index contributed by atoms with van der Waals surface area (Å²) < 4.78 is 33.0. The van der Waals surface area contributed by atoms with Crippen LogP contribution < -0.4 is 9.47 Å². The molecule has 1 heterocycles. The minimum atomic E-state index is -1.21. The number of methoxy groups -OCH3 is 2. The van der Waals surface area contributed by atoms with Gasteiger partial charge in [0, 0.05) is 39.7 Å². The molecule has 0 aliphatic carbocycles. The first-order chi connectivity index (χ1) is 21.9. The highest BCUT2D eigenvalue weighted by molar-refractivity contribution is 5.79. The predicted octanol–water partition coefficient (Wildman–Crippen LogP) is 5.15. The van der Waals surface area contributed by atoms with Crippen molar-refractivity contribution in [3.63, 3.8) is 0 Å². The van der Waals surface area contributed by atoms with E-state index in [0.717, 1.165) is 11.1 Å². The van der Waals surface area contributed by atoms with Crippen LogP contribution >= 0.6 is 0 Å². The Morgan fingerprint density at radius 1 is 1.00 bits per heavy atom. The van der Waals surface area contributed by atoms with Gasteiger partial charge in [0.1, 0.15) is 23.7 Å². The highest BCUT2D eigenvalue weighted by Crippen LogP contribution is 2.28. The summed E-state index contributed by atoms with van der Waals surface area (Å²) in [5, 5.41) is 0. The summed E-state index contributed by atoms with van der Waals surface area (Å²) in [6.45, 7) is 9.27. The SMILES string of the molecule is CCOC(=O)[C@@H](Cc1cc(CN(CCOC)C(=O)OC(C)(C)C)ccc1OCc1ccnc(-c2ccccc2OC)n1)OC(C)=O. The minimum absolute atomic E-state index is 0.0255. The van der Waals surface area contributed by atoms with Gasteiger partial charge in [-0.15, -0.1) is 0 Å². The third kappa shape index (κ3) is 11.0. The fourth-order valence-corrected chi connectivity index (χ4v) is 4.41. The molecule has 46 heavy (non-hydrogen) atoms. The molecule has 0 bridgehead atoms. The number of carbonyl (C=O) groups excluding carboxylic acids is 3. The Labute approximate surface area is 269 Å². The van der Waals surface area contributed by atoms with Crippen molar-refractivity contribution in [2.45, 2.75) is 65.9 Å². The van der Waals surface area contributed by atoms with E-state index in [1.165, 1.54) is 11.8 Å². The van der Waals surface area contributed by atoms with Gasteiger partial charge in [0.2, 0.25) is 6.10 Å². The van der Waals surface area contributed by atoms with Crippen molar-refractivity contribution in [3.05, 3.63) is 71.5 Å². The van der Waals surface area contributed by atoms with Gasteiger partial charge in [-0.25, -0.2) is 19.6 Å². The summed E-state index contributed by atoms with van der Waals surface area (Å²) in [4.78, 5) is 48.2. The summed E-state index contributed by atoms with van der Waals surface area (Å²) in [5.74, 6) is 0.242. The van der Waals surface area contributed by atoms with Crippen LogP contribution in [-0.2, 0) is 48.1 Å². The molecule has 3 aromatic rings. The van der Waals surface area contributed by atoms with E-state index in [4.69, 9.17) is 28.4 Å². The molecule has 0 spiro atoms. The van der Waals surface area contributed by atoms with E-state index in [9.17, 15) is 14.4 Å². The zero-order valence-corrected chi connectivity index (χ0v) is 27.5. The Hall–Kier alpha value is -4.71. The molecule has 0 saturated heterocycles. The summed E-state index contributed by atoms with van der Waals surface area (Å²) >= 11 is 0. The summed E-state index contributed by atoms with van der Waals surface area (Å²) in [6, 6.07) is 14.5. The van der Waals surface area contributed by atoms with Gasteiger partial charge in [-0.3, -0.25) is 4.79 Å². The number of rotatable bonds is 15. The number of benzene rings is 2. The normalized spacial score (nSPS) is 11.7. The zero-order valence-electron chi connectivity index (χ0n) is 27.5. The molecule has 1 aromatic heterocycles. The number of carbonyl (C=O) groups is 3. The van der Waals surface area contributed by atoms with E-state index in [-0.39, 0.29) is 26.2 Å². The fourth-order valence-electron chi connectivity index (χ4n) is 4.41. The highest BCUT2D eigenvalue weighted by Gasteiger charge is 2.27. The van der Waals surface area contributed by atoms with Crippen molar-refractivity contribution in [2.75, 3.05) is 34.0 Å². The van der Waals surface area contributed by atoms with Crippen LogP contribution in [0.5, 0.6) is 11.5 Å². The van der Waals surface area contributed by atoms with Gasteiger partial charge in [0.25, 0.3) is 0 Å². The van der Waals surface area contributed by atoms with E-state index < -0.39 is 29.7 Å². The van der Waals surface area contributed by atoms with Crippen molar-refractivity contribution in [2.24, 2.45) is 0 Å². The quantitative estimate of drug-likeness (QED) is 0.162. The average Bonchev–Trinajstić information content (AvgIpc) is 3.01. The average molecular weight is 638 g/mol. The van der Waals surface area contributed by atoms with Gasteiger partial charge in [-0.1, -0.05) is 24.3 Å². The van der Waals surface area contributed by atoms with Crippen LogP contribution in [0.15, 0.2) is 54.7 Å². The van der Waals surface area contributed by atoms with Crippen LogP contribution in [0.1, 0.15) is 51.4 Å². The molecule has 0 aliphatic rings. The first-order valence-corrected chi connectivity index (χ1v) is 14.9. The van der Waals surface area contributed by atoms with Crippen molar-refractivity contribution >= 4 is 18.0 Å². The molecule has 248 valence electrons. The molecule has 3 rings (SSSR count). The second-order valence-corrected chi connectivity index (χ2v) is 11.3. The lowest BCUT2D eigenvalue weighted by atomic mass is 10.0. The van der Waals surface area contributed by atoms with E-state index in [2.05, 4.69) is 9.97 Å². The van der Waals surface area contributed by atoms with Crippen LogP contribution in [0.2, 0.25) is 0 Å². The van der Waals surface area contributed by atoms with Crippen LogP contribution in [0.25, 0.3) is 11.4 Å². The molecular weight excluding hydrogens is 594 g/mol. The third-order valence-electron chi connectivity index (χ3n) is 6.42. The smallest absolute Gasteiger partial charge is 0.410 e. The largest absolute Gasteiger partial charge is 0.496 e. The first-order valence-electron chi connectivity index (χ1n) is 14.9. The van der Waals surface area contributed by atoms with Gasteiger partial charge in [0.05, 0.1) is 31.6 Å². The summed E-state index contributed by atoms with van der Waals surface area (Å²) in [6.07, 6.45) is -0.0881. The lowest BCUT2D eigenvalue weighted by Gasteiger charge is -2.27. The number of hydrogen-bond acceptors (Lipinski definition) is 11. The summed E-state index contributed by atoms with van der Waals surface area (Å²) in [5.41, 5.74) is 1.94. The Morgan fingerprint density at radius 3 is 2.43 bits per heavy atom. The molecule has 0 radical (unpaired) electrons. The molecule has 12 nitrogen and oxygen atoms in total. The van der Waals surface area contributed by atoms with Gasteiger partial charge in [-0.2, -0.15) is 0 Å². The molecule has 0 unspecified atom stereocenters. The zero-order chi connectivity index (χ0) is 33.7. The monoisotopic (exact) mass is 637 g/mol. The van der Waals surface area contributed by atoms with Crippen LogP contribution in [0.3, 0.4) is 0 Å². The van der Waals surface area contributed by atoms with Crippen molar-refractivity contribution in [3.8, 4) is 22.9 Å². The third-order valence-corrected chi connectivity index (χ3v) is 6.42. The number of amides is 1. The van der Waals surface area contributed by atoms with Crippen LogP contribution in [-0.4, -0.2) is 78.6 Å². The summed E-state index contributed by atoms with van der Waals surface area (Å²) in [7, 11) is 3.14. The maximum absolute atomic E-state index is 13.0.